The van der Waals surface area contributed by atoms with Gasteiger partial charge in [0.05, 0.1) is 5.52 Å². The van der Waals surface area contributed by atoms with E-state index in [1.165, 1.54) is 12.8 Å². The van der Waals surface area contributed by atoms with Crippen molar-refractivity contribution in [2.24, 2.45) is 0 Å². The van der Waals surface area contributed by atoms with E-state index < -0.39 is 0 Å². The van der Waals surface area contributed by atoms with Crippen LogP contribution in [0.15, 0.2) is 36.4 Å². The molecule has 1 amide bonds. The third-order valence-electron chi connectivity index (χ3n) is 4.10. The Bertz CT molecular complexity index is 675. The molecule has 1 N–H and O–H groups in total. The Labute approximate surface area is 131 Å². The lowest BCUT2D eigenvalue weighted by Crippen LogP contribution is -2.51. The number of nitrogens with zero attached hydrogens (tertiary/aromatic N) is 2. The van der Waals surface area contributed by atoms with Crippen molar-refractivity contribution in [2.75, 3.05) is 19.6 Å². The lowest BCUT2D eigenvalue weighted by Gasteiger charge is -2.31. The highest BCUT2D eigenvalue weighted by Gasteiger charge is 2.26. The summed E-state index contributed by atoms with van der Waals surface area (Å²) >= 11 is 0. The highest BCUT2D eigenvalue weighted by molar-refractivity contribution is 5.95. The summed E-state index contributed by atoms with van der Waals surface area (Å²) in [5.74, 6) is -0.102. The van der Waals surface area contributed by atoms with Crippen molar-refractivity contribution >= 4 is 16.8 Å². The number of fused-ring (bicyclic) bond motifs is 1. The van der Waals surface area contributed by atoms with Crippen molar-refractivity contribution in [3.05, 3.63) is 42.1 Å². The number of benzene rings is 1. The summed E-state index contributed by atoms with van der Waals surface area (Å²) in [5.41, 5.74) is 1.08. The molecule has 0 aliphatic carbocycles. The van der Waals surface area contributed by atoms with Gasteiger partial charge in [0, 0.05) is 17.5 Å². The average molecular weight is 297 g/mol. The zero-order valence-electron chi connectivity index (χ0n) is 13.3. The van der Waals surface area contributed by atoms with Crippen LogP contribution in [0.4, 0.5) is 0 Å². The van der Waals surface area contributed by atoms with Crippen LogP contribution < -0.4 is 5.32 Å². The molecule has 22 heavy (non-hydrogen) atoms. The second kappa shape index (κ2) is 6.05. The smallest absolute Gasteiger partial charge is 0.270 e. The molecule has 1 aliphatic heterocycles. The number of rotatable bonds is 4. The summed E-state index contributed by atoms with van der Waals surface area (Å²) in [5, 5.41) is 4.17. The van der Waals surface area contributed by atoms with Crippen LogP contribution in [0, 0.1) is 0 Å². The Morgan fingerprint density at radius 3 is 2.68 bits per heavy atom. The molecule has 2 heterocycles. The van der Waals surface area contributed by atoms with Crippen molar-refractivity contribution in [1.82, 2.24) is 15.2 Å². The summed E-state index contributed by atoms with van der Waals surface area (Å²) < 4.78 is 0. The first-order valence-corrected chi connectivity index (χ1v) is 7.94. The molecule has 1 saturated heterocycles. The topological polar surface area (TPSA) is 45.2 Å². The molecule has 0 atom stereocenters. The fourth-order valence-corrected chi connectivity index (χ4v) is 3.10. The Morgan fingerprint density at radius 1 is 1.18 bits per heavy atom. The van der Waals surface area contributed by atoms with Crippen LogP contribution in [-0.4, -0.2) is 41.0 Å². The normalized spacial score (nSPS) is 16.1. The highest BCUT2D eigenvalue weighted by Crippen LogP contribution is 2.15. The number of nitrogens with one attached hydrogen (secondary N) is 1. The zero-order valence-corrected chi connectivity index (χ0v) is 13.3. The van der Waals surface area contributed by atoms with E-state index in [-0.39, 0.29) is 11.4 Å². The molecule has 0 bridgehead atoms. The van der Waals surface area contributed by atoms with E-state index in [1.807, 2.05) is 30.3 Å². The van der Waals surface area contributed by atoms with E-state index in [4.69, 9.17) is 0 Å². The number of aromatic nitrogens is 1. The second-order valence-electron chi connectivity index (χ2n) is 6.71. The lowest BCUT2D eigenvalue weighted by atomic mass is 10.0. The van der Waals surface area contributed by atoms with Gasteiger partial charge in [-0.2, -0.15) is 0 Å². The molecular formula is C18H23N3O. The van der Waals surface area contributed by atoms with Crippen LogP contribution in [-0.2, 0) is 0 Å². The third-order valence-corrected chi connectivity index (χ3v) is 4.10. The van der Waals surface area contributed by atoms with Crippen LogP contribution in [0.3, 0.4) is 0 Å². The minimum absolute atomic E-state index is 0.102. The van der Waals surface area contributed by atoms with Crippen LogP contribution >= 0.6 is 0 Å². The lowest BCUT2D eigenvalue weighted by molar-refractivity contribution is 0.0889. The molecular weight excluding hydrogens is 274 g/mol. The molecule has 0 spiro atoms. The van der Waals surface area contributed by atoms with Crippen molar-refractivity contribution in [1.29, 1.82) is 0 Å². The van der Waals surface area contributed by atoms with Crippen molar-refractivity contribution in [3.8, 4) is 0 Å². The van der Waals surface area contributed by atoms with Crippen molar-refractivity contribution in [3.63, 3.8) is 0 Å². The predicted octanol–water partition coefficient (Wildman–Crippen LogP) is 2.84. The number of amides is 1. The van der Waals surface area contributed by atoms with Crippen LogP contribution in [0.25, 0.3) is 10.9 Å². The number of para-hydroxylation sites is 1. The van der Waals surface area contributed by atoms with Crippen LogP contribution in [0.5, 0.6) is 0 Å². The molecule has 4 nitrogen and oxygen atoms in total. The van der Waals surface area contributed by atoms with Crippen LogP contribution in [0.2, 0.25) is 0 Å². The van der Waals surface area contributed by atoms with Gasteiger partial charge >= 0.3 is 0 Å². The quantitative estimate of drug-likeness (QED) is 0.944. The van der Waals surface area contributed by atoms with E-state index in [0.717, 1.165) is 30.5 Å². The summed E-state index contributed by atoms with van der Waals surface area (Å²) in [6, 6.07) is 11.6. The van der Waals surface area contributed by atoms with E-state index >= 15 is 0 Å². The Kier molecular flexibility index (Phi) is 4.12. The molecule has 116 valence electrons. The molecule has 3 rings (SSSR count). The van der Waals surface area contributed by atoms with E-state index in [2.05, 4.69) is 29.0 Å². The van der Waals surface area contributed by atoms with E-state index in [0.29, 0.717) is 5.69 Å². The zero-order chi connectivity index (χ0) is 15.6. The van der Waals surface area contributed by atoms with Gasteiger partial charge in [-0.3, -0.25) is 4.79 Å². The summed E-state index contributed by atoms with van der Waals surface area (Å²) in [7, 11) is 0. The largest absolute Gasteiger partial charge is 0.345 e. The molecule has 2 aromatic rings. The van der Waals surface area contributed by atoms with E-state index in [9.17, 15) is 4.79 Å². The predicted molar refractivity (Wildman–Crippen MR) is 89.0 cm³/mol. The van der Waals surface area contributed by atoms with Gasteiger partial charge in [-0.25, -0.2) is 4.98 Å². The number of pyridine rings is 1. The van der Waals surface area contributed by atoms with Gasteiger partial charge in [-0.05, 0) is 51.9 Å². The maximum Gasteiger partial charge on any atom is 0.270 e. The molecule has 0 unspecified atom stereocenters. The molecule has 1 aromatic heterocycles. The second-order valence-corrected chi connectivity index (χ2v) is 6.71. The maximum atomic E-state index is 12.5. The number of carbonyl (C=O) groups excluding carboxylic acids is 1. The molecule has 0 saturated carbocycles. The first-order chi connectivity index (χ1) is 10.5. The number of hydrogen-bond acceptors (Lipinski definition) is 3. The first-order valence-electron chi connectivity index (χ1n) is 7.94. The first kappa shape index (κ1) is 15.0. The Hall–Kier alpha value is -1.94. The van der Waals surface area contributed by atoms with Crippen molar-refractivity contribution in [2.45, 2.75) is 32.2 Å². The van der Waals surface area contributed by atoms with Gasteiger partial charge in [0.25, 0.3) is 5.91 Å². The molecule has 1 fully saturated rings. The number of hydrogen-bond donors (Lipinski definition) is 1. The van der Waals surface area contributed by atoms with Gasteiger partial charge in [0.1, 0.15) is 5.69 Å². The summed E-state index contributed by atoms with van der Waals surface area (Å²) in [6.45, 7) is 7.29. The summed E-state index contributed by atoms with van der Waals surface area (Å²) in [6.07, 6.45) is 2.52. The maximum absolute atomic E-state index is 12.5. The fourth-order valence-electron chi connectivity index (χ4n) is 3.10. The monoisotopic (exact) mass is 297 g/mol. The Morgan fingerprint density at radius 2 is 1.91 bits per heavy atom. The number of carbonyl (C=O) groups is 1. The average Bonchev–Trinajstić information content (AvgIpc) is 2.98. The van der Waals surface area contributed by atoms with Gasteiger partial charge in [0.15, 0.2) is 0 Å². The number of likely N-dealkylation sites (tertiary alicyclic amines) is 1. The highest BCUT2D eigenvalue weighted by atomic mass is 16.2. The van der Waals surface area contributed by atoms with Gasteiger partial charge in [-0.15, -0.1) is 0 Å². The third kappa shape index (κ3) is 3.45. The minimum atomic E-state index is -0.255. The van der Waals surface area contributed by atoms with Crippen molar-refractivity contribution < 1.29 is 4.79 Å². The fraction of sp³-hybridized carbons (Fsp3) is 0.444. The van der Waals surface area contributed by atoms with Gasteiger partial charge in [0.2, 0.25) is 0 Å². The van der Waals surface area contributed by atoms with Gasteiger partial charge in [-0.1, -0.05) is 24.3 Å². The molecule has 1 aromatic carbocycles. The molecule has 4 heteroatoms. The van der Waals surface area contributed by atoms with Gasteiger partial charge < -0.3 is 10.2 Å². The standard InChI is InChI=1S/C18H23N3O/c1-18(2,13-21-11-5-6-12-21)20-17(22)16-10-9-14-7-3-4-8-15(14)19-16/h3-4,7-10H,5-6,11-13H2,1-2H3,(H,20,22). The van der Waals surface area contributed by atoms with Crippen LogP contribution in [0.1, 0.15) is 37.2 Å². The Balaban J connectivity index is 1.71. The molecule has 0 radical (unpaired) electrons. The SMILES string of the molecule is CC(C)(CN1CCCC1)NC(=O)c1ccc2ccccc2n1. The summed E-state index contributed by atoms with van der Waals surface area (Å²) in [4.78, 5) is 19.4. The van der Waals surface area contributed by atoms with E-state index in [1.54, 1.807) is 6.07 Å². The minimum Gasteiger partial charge on any atom is -0.345 e. The molecule has 1 aliphatic rings.